The van der Waals surface area contributed by atoms with Gasteiger partial charge in [-0.15, -0.1) is 0 Å². The van der Waals surface area contributed by atoms with Crippen LogP contribution >= 0.6 is 11.6 Å². The summed E-state index contributed by atoms with van der Waals surface area (Å²) in [5.74, 6) is -1.77. The van der Waals surface area contributed by atoms with Gasteiger partial charge in [0, 0.05) is 6.07 Å². The van der Waals surface area contributed by atoms with Crippen molar-refractivity contribution in [3.8, 4) is 0 Å². The van der Waals surface area contributed by atoms with Gasteiger partial charge in [-0.3, -0.25) is 14.9 Å². The highest BCUT2D eigenvalue weighted by Crippen LogP contribution is 2.15. The third-order valence-electron chi connectivity index (χ3n) is 2.54. The molecule has 0 unspecified atom stereocenters. The highest BCUT2D eigenvalue weighted by Gasteiger charge is 2.16. The monoisotopic (exact) mass is 305 g/mol. The molecule has 0 spiro atoms. The third-order valence-corrected chi connectivity index (χ3v) is 2.87. The Hall–Kier alpha value is -2.80. The van der Waals surface area contributed by atoms with Crippen molar-refractivity contribution in [1.82, 2.24) is 10.3 Å². The van der Waals surface area contributed by atoms with Crippen molar-refractivity contribution in [3.63, 3.8) is 0 Å². The number of aromatic nitrogens is 1. The molecule has 0 saturated heterocycles. The van der Waals surface area contributed by atoms with Crippen LogP contribution in [0.15, 0.2) is 42.6 Å². The summed E-state index contributed by atoms with van der Waals surface area (Å²) in [4.78, 5) is 37.0. The standard InChI is InChI=1S/C13H8ClN3O4/c14-10-4-2-1-3-9(10)13(19)16-12(18)8-5-6-11(15-7-8)17(20)21/h1-7H,(H,16,18,19). The molecule has 1 heterocycles. The Labute approximate surface area is 123 Å². The molecule has 0 bridgehead atoms. The molecule has 21 heavy (non-hydrogen) atoms. The SMILES string of the molecule is O=C(NC(=O)c1ccccc1Cl)c1ccc([N+](=O)[O-])nc1. The van der Waals surface area contributed by atoms with Crippen LogP contribution in [0.3, 0.4) is 0 Å². The van der Waals surface area contributed by atoms with Gasteiger partial charge in [-0.2, -0.15) is 0 Å². The van der Waals surface area contributed by atoms with E-state index >= 15 is 0 Å². The normalized spacial score (nSPS) is 9.95. The minimum atomic E-state index is -0.720. The average Bonchev–Trinajstić information content (AvgIpc) is 2.47. The summed E-state index contributed by atoms with van der Waals surface area (Å²) in [5.41, 5.74) is 0.184. The lowest BCUT2D eigenvalue weighted by Gasteiger charge is -2.04. The average molecular weight is 306 g/mol. The van der Waals surface area contributed by atoms with E-state index < -0.39 is 16.7 Å². The van der Waals surface area contributed by atoms with Gasteiger partial charge < -0.3 is 10.1 Å². The Balaban J connectivity index is 2.13. The lowest BCUT2D eigenvalue weighted by molar-refractivity contribution is -0.389. The van der Waals surface area contributed by atoms with Crippen LogP contribution in [0.2, 0.25) is 5.02 Å². The third kappa shape index (κ3) is 3.40. The van der Waals surface area contributed by atoms with Crippen LogP contribution in [0.4, 0.5) is 5.82 Å². The maximum Gasteiger partial charge on any atom is 0.363 e. The molecular formula is C13H8ClN3O4. The first-order valence-corrected chi connectivity index (χ1v) is 6.07. The maximum absolute atomic E-state index is 11.9. The van der Waals surface area contributed by atoms with Gasteiger partial charge in [-0.1, -0.05) is 23.7 Å². The summed E-state index contributed by atoms with van der Waals surface area (Å²) >= 11 is 5.84. The minimum Gasteiger partial charge on any atom is -0.358 e. The van der Waals surface area contributed by atoms with E-state index in [1.807, 2.05) is 0 Å². The van der Waals surface area contributed by atoms with E-state index in [2.05, 4.69) is 10.3 Å². The summed E-state index contributed by atoms with van der Waals surface area (Å²) in [6.45, 7) is 0. The summed E-state index contributed by atoms with van der Waals surface area (Å²) in [6, 6.07) is 8.54. The number of halogens is 1. The summed E-state index contributed by atoms with van der Waals surface area (Å²) < 4.78 is 0. The number of rotatable bonds is 3. The number of nitro groups is 1. The number of imide groups is 1. The van der Waals surface area contributed by atoms with Gasteiger partial charge in [0.25, 0.3) is 11.8 Å². The first kappa shape index (κ1) is 14.6. The van der Waals surface area contributed by atoms with Crippen molar-refractivity contribution in [2.75, 3.05) is 0 Å². The van der Waals surface area contributed by atoms with Gasteiger partial charge in [-0.05, 0) is 28.1 Å². The molecule has 2 aromatic rings. The highest BCUT2D eigenvalue weighted by molar-refractivity contribution is 6.34. The molecule has 0 aliphatic heterocycles. The summed E-state index contributed by atoms with van der Waals surface area (Å²) in [7, 11) is 0. The van der Waals surface area contributed by atoms with E-state index in [4.69, 9.17) is 11.6 Å². The Bertz CT molecular complexity index is 716. The largest absolute Gasteiger partial charge is 0.363 e. The van der Waals surface area contributed by atoms with Crippen LogP contribution < -0.4 is 5.32 Å². The van der Waals surface area contributed by atoms with Gasteiger partial charge in [0.1, 0.15) is 0 Å². The van der Waals surface area contributed by atoms with Crippen LogP contribution in [0.25, 0.3) is 0 Å². The fourth-order valence-electron chi connectivity index (χ4n) is 1.52. The molecule has 8 heteroatoms. The number of hydrogen-bond donors (Lipinski definition) is 1. The van der Waals surface area contributed by atoms with Gasteiger partial charge in [0.05, 0.1) is 16.1 Å². The zero-order chi connectivity index (χ0) is 15.4. The first-order valence-electron chi connectivity index (χ1n) is 5.69. The zero-order valence-corrected chi connectivity index (χ0v) is 11.2. The lowest BCUT2D eigenvalue weighted by Crippen LogP contribution is -2.30. The Morgan fingerprint density at radius 1 is 1.14 bits per heavy atom. The Morgan fingerprint density at radius 3 is 2.43 bits per heavy atom. The number of amides is 2. The predicted molar refractivity (Wildman–Crippen MR) is 74.1 cm³/mol. The van der Waals surface area contributed by atoms with Crippen LogP contribution in [0.5, 0.6) is 0 Å². The van der Waals surface area contributed by atoms with E-state index in [0.29, 0.717) is 0 Å². The molecule has 2 rings (SSSR count). The Morgan fingerprint density at radius 2 is 1.86 bits per heavy atom. The van der Waals surface area contributed by atoms with Crippen LogP contribution in [0, 0.1) is 10.1 Å². The molecule has 0 fully saturated rings. The minimum absolute atomic E-state index is 0.0287. The number of hydrogen-bond acceptors (Lipinski definition) is 5. The first-order chi connectivity index (χ1) is 9.99. The molecule has 7 nitrogen and oxygen atoms in total. The second-order valence-corrected chi connectivity index (χ2v) is 4.33. The number of nitrogens with one attached hydrogen (secondary N) is 1. The van der Waals surface area contributed by atoms with Crippen molar-refractivity contribution in [3.05, 3.63) is 68.9 Å². The van der Waals surface area contributed by atoms with Crippen molar-refractivity contribution in [2.24, 2.45) is 0 Å². The van der Waals surface area contributed by atoms with Crippen molar-refractivity contribution >= 4 is 29.2 Å². The number of pyridine rings is 1. The fraction of sp³-hybridized carbons (Fsp3) is 0. The van der Waals surface area contributed by atoms with Crippen molar-refractivity contribution in [2.45, 2.75) is 0 Å². The molecule has 0 atom stereocenters. The molecule has 0 aliphatic carbocycles. The second-order valence-electron chi connectivity index (χ2n) is 3.93. The molecule has 1 N–H and O–H groups in total. The Kier molecular flexibility index (Phi) is 4.24. The van der Waals surface area contributed by atoms with E-state index in [0.717, 1.165) is 12.3 Å². The molecule has 0 radical (unpaired) electrons. The number of carbonyl (C=O) groups is 2. The molecule has 1 aromatic carbocycles. The number of carbonyl (C=O) groups excluding carboxylic acids is 2. The van der Waals surface area contributed by atoms with Gasteiger partial charge in [0.2, 0.25) is 0 Å². The predicted octanol–water partition coefficient (Wildman–Crippen LogP) is 2.21. The maximum atomic E-state index is 11.9. The second kappa shape index (κ2) is 6.10. The smallest absolute Gasteiger partial charge is 0.358 e. The van der Waals surface area contributed by atoms with Gasteiger partial charge >= 0.3 is 5.82 Å². The quantitative estimate of drug-likeness (QED) is 0.532. The molecule has 2 amide bonds. The number of benzene rings is 1. The summed E-state index contributed by atoms with van der Waals surface area (Å²) in [5, 5.41) is 12.8. The van der Waals surface area contributed by atoms with Crippen molar-refractivity contribution < 1.29 is 14.5 Å². The van der Waals surface area contributed by atoms with Crippen LogP contribution in [-0.4, -0.2) is 21.7 Å². The summed E-state index contributed by atoms with van der Waals surface area (Å²) in [6.07, 6.45) is 1.02. The van der Waals surface area contributed by atoms with Crippen molar-refractivity contribution in [1.29, 1.82) is 0 Å². The lowest BCUT2D eigenvalue weighted by atomic mass is 10.2. The molecular weight excluding hydrogens is 298 g/mol. The molecule has 1 aromatic heterocycles. The van der Waals surface area contributed by atoms with E-state index in [9.17, 15) is 19.7 Å². The van der Waals surface area contributed by atoms with Gasteiger partial charge in [-0.25, -0.2) is 0 Å². The topological polar surface area (TPSA) is 102 Å². The van der Waals surface area contributed by atoms with E-state index in [-0.39, 0.29) is 22.0 Å². The number of nitrogens with zero attached hydrogens (tertiary/aromatic N) is 2. The highest BCUT2D eigenvalue weighted by atomic mass is 35.5. The van der Waals surface area contributed by atoms with Gasteiger partial charge in [0.15, 0.2) is 6.20 Å². The van der Waals surface area contributed by atoms with Crippen LogP contribution in [0.1, 0.15) is 20.7 Å². The molecule has 106 valence electrons. The van der Waals surface area contributed by atoms with E-state index in [1.54, 1.807) is 12.1 Å². The van der Waals surface area contributed by atoms with E-state index in [1.165, 1.54) is 18.2 Å². The zero-order valence-electron chi connectivity index (χ0n) is 10.4. The molecule has 0 saturated carbocycles. The fourth-order valence-corrected chi connectivity index (χ4v) is 1.74. The molecule has 0 aliphatic rings. The van der Waals surface area contributed by atoms with Crippen LogP contribution in [-0.2, 0) is 0 Å².